The summed E-state index contributed by atoms with van der Waals surface area (Å²) in [6, 6.07) is 4.09. The van der Waals surface area contributed by atoms with Crippen molar-refractivity contribution in [2.45, 2.75) is 6.92 Å². The molecular formula is C11H11N5S2. The summed E-state index contributed by atoms with van der Waals surface area (Å²) in [6.07, 6.45) is 0. The van der Waals surface area contributed by atoms with Gasteiger partial charge in [-0.15, -0.1) is 11.3 Å². The van der Waals surface area contributed by atoms with E-state index >= 15 is 0 Å². The highest BCUT2D eigenvalue weighted by Gasteiger charge is 2.10. The maximum Gasteiger partial charge on any atom is 0.240 e. The Morgan fingerprint density at radius 2 is 2.22 bits per heavy atom. The van der Waals surface area contributed by atoms with Gasteiger partial charge in [0.1, 0.15) is 10.6 Å². The Kier molecular flexibility index (Phi) is 2.86. The fraction of sp³-hybridized carbons (Fsp3) is 0.0909. The maximum atomic E-state index is 5.39. The lowest BCUT2D eigenvalue weighted by molar-refractivity contribution is 1.16. The van der Waals surface area contributed by atoms with Crippen molar-refractivity contribution >= 4 is 50.3 Å². The number of thiophene rings is 2. The van der Waals surface area contributed by atoms with Crippen molar-refractivity contribution < 1.29 is 0 Å². The molecule has 0 saturated carbocycles. The number of fused-ring (bicyclic) bond motifs is 1. The number of hydrogen-bond donors (Lipinski definition) is 3. The van der Waals surface area contributed by atoms with E-state index in [1.807, 2.05) is 16.8 Å². The zero-order valence-electron chi connectivity index (χ0n) is 9.60. The van der Waals surface area contributed by atoms with Gasteiger partial charge in [0.25, 0.3) is 0 Å². The molecule has 0 bridgehead atoms. The van der Waals surface area contributed by atoms with Crippen LogP contribution in [-0.4, -0.2) is 9.97 Å². The number of nitrogens with zero attached hydrogens (tertiary/aromatic N) is 2. The predicted octanol–water partition coefficient (Wildman–Crippen LogP) is 3.09. The summed E-state index contributed by atoms with van der Waals surface area (Å²) < 4.78 is 0. The van der Waals surface area contributed by atoms with Crippen molar-refractivity contribution in [2.75, 3.05) is 10.7 Å². The van der Waals surface area contributed by atoms with Gasteiger partial charge in [-0.1, -0.05) is 0 Å². The van der Waals surface area contributed by atoms with Crippen LogP contribution in [0, 0.1) is 6.92 Å². The lowest BCUT2D eigenvalue weighted by atomic mass is 10.3. The second kappa shape index (κ2) is 4.52. The molecule has 0 aromatic carbocycles. The Labute approximate surface area is 112 Å². The summed E-state index contributed by atoms with van der Waals surface area (Å²) >= 11 is 3.26. The summed E-state index contributed by atoms with van der Waals surface area (Å²) in [7, 11) is 0. The molecule has 7 heteroatoms. The largest absolute Gasteiger partial charge is 0.339 e. The van der Waals surface area contributed by atoms with E-state index in [1.54, 1.807) is 22.7 Å². The minimum absolute atomic E-state index is 0.419. The molecule has 5 nitrogen and oxygen atoms in total. The topological polar surface area (TPSA) is 75.9 Å². The SMILES string of the molecule is Cc1cc2c(Nc3ccsc3)nc(NN)nc2s1. The minimum atomic E-state index is 0.419. The molecule has 0 radical (unpaired) electrons. The number of anilines is 3. The van der Waals surface area contributed by atoms with Gasteiger partial charge >= 0.3 is 0 Å². The molecule has 0 unspecified atom stereocenters. The van der Waals surface area contributed by atoms with Gasteiger partial charge in [0, 0.05) is 10.3 Å². The molecule has 4 N–H and O–H groups in total. The molecule has 18 heavy (non-hydrogen) atoms. The number of aryl methyl sites for hydroxylation is 1. The normalized spacial score (nSPS) is 10.8. The zero-order valence-corrected chi connectivity index (χ0v) is 11.2. The molecule has 92 valence electrons. The molecule has 0 aliphatic heterocycles. The summed E-state index contributed by atoms with van der Waals surface area (Å²) in [4.78, 5) is 10.8. The quantitative estimate of drug-likeness (QED) is 0.506. The molecule has 3 rings (SSSR count). The van der Waals surface area contributed by atoms with Crippen LogP contribution in [0.2, 0.25) is 0 Å². The van der Waals surface area contributed by atoms with Crippen LogP contribution in [0.5, 0.6) is 0 Å². The van der Waals surface area contributed by atoms with Crippen LogP contribution >= 0.6 is 22.7 Å². The van der Waals surface area contributed by atoms with Crippen LogP contribution in [0.4, 0.5) is 17.5 Å². The van der Waals surface area contributed by atoms with Gasteiger partial charge in [0.15, 0.2) is 0 Å². The molecule has 0 atom stereocenters. The highest BCUT2D eigenvalue weighted by atomic mass is 32.1. The van der Waals surface area contributed by atoms with Gasteiger partial charge < -0.3 is 5.32 Å². The van der Waals surface area contributed by atoms with Gasteiger partial charge in [-0.2, -0.15) is 16.3 Å². The van der Waals surface area contributed by atoms with E-state index in [2.05, 4.69) is 33.7 Å². The van der Waals surface area contributed by atoms with Crippen LogP contribution < -0.4 is 16.6 Å². The molecule has 3 aromatic rings. The average molecular weight is 277 g/mol. The monoisotopic (exact) mass is 277 g/mol. The Balaban J connectivity index is 2.13. The molecule has 0 saturated heterocycles. The van der Waals surface area contributed by atoms with Gasteiger partial charge in [-0.25, -0.2) is 10.8 Å². The number of hydrogen-bond acceptors (Lipinski definition) is 7. The molecule has 0 amide bonds. The second-order valence-electron chi connectivity index (χ2n) is 3.75. The molecule has 0 aliphatic carbocycles. The van der Waals surface area contributed by atoms with Crippen molar-refractivity contribution in [2.24, 2.45) is 5.84 Å². The van der Waals surface area contributed by atoms with Crippen LogP contribution in [0.3, 0.4) is 0 Å². The van der Waals surface area contributed by atoms with E-state index in [0.717, 1.165) is 21.7 Å². The fourth-order valence-corrected chi connectivity index (χ4v) is 3.14. The smallest absolute Gasteiger partial charge is 0.240 e. The second-order valence-corrected chi connectivity index (χ2v) is 5.77. The molecule has 3 heterocycles. The van der Waals surface area contributed by atoms with Crippen molar-refractivity contribution in [1.82, 2.24) is 9.97 Å². The summed E-state index contributed by atoms with van der Waals surface area (Å²) in [6.45, 7) is 2.05. The lowest BCUT2D eigenvalue weighted by Crippen LogP contribution is -2.11. The van der Waals surface area contributed by atoms with E-state index in [0.29, 0.717) is 5.95 Å². The predicted molar refractivity (Wildman–Crippen MR) is 77.6 cm³/mol. The third-order valence-corrected chi connectivity index (χ3v) is 4.06. The molecular weight excluding hydrogens is 266 g/mol. The third-order valence-electron chi connectivity index (χ3n) is 2.43. The van der Waals surface area contributed by atoms with Crippen LogP contribution in [-0.2, 0) is 0 Å². The minimum Gasteiger partial charge on any atom is -0.339 e. The van der Waals surface area contributed by atoms with Crippen LogP contribution in [0.25, 0.3) is 10.2 Å². The zero-order chi connectivity index (χ0) is 12.5. The Bertz CT molecular complexity index is 674. The first kappa shape index (κ1) is 11.4. The standard InChI is InChI=1S/C11H11N5S2/c1-6-4-8-9(13-7-2-3-17-5-7)14-11(16-12)15-10(8)18-6/h2-5H,12H2,1H3,(H2,13,14,15,16). The molecule has 0 aliphatic rings. The van der Waals surface area contributed by atoms with Crippen molar-refractivity contribution in [1.29, 1.82) is 0 Å². The molecule has 3 aromatic heterocycles. The average Bonchev–Trinajstić information content (AvgIpc) is 2.97. The first-order valence-corrected chi connectivity index (χ1v) is 7.06. The number of hydrazine groups is 1. The Hall–Kier alpha value is -1.70. The third kappa shape index (κ3) is 2.03. The van der Waals surface area contributed by atoms with Gasteiger partial charge in [-0.05, 0) is 24.4 Å². The first-order chi connectivity index (χ1) is 8.76. The van der Waals surface area contributed by atoms with Crippen LogP contribution in [0.15, 0.2) is 22.9 Å². The molecule has 0 spiro atoms. The first-order valence-electron chi connectivity index (χ1n) is 5.30. The van der Waals surface area contributed by atoms with E-state index in [9.17, 15) is 0 Å². The van der Waals surface area contributed by atoms with Gasteiger partial charge in [0.05, 0.1) is 11.1 Å². The van der Waals surface area contributed by atoms with E-state index < -0.39 is 0 Å². The number of nitrogens with one attached hydrogen (secondary N) is 2. The fourth-order valence-electron chi connectivity index (χ4n) is 1.67. The van der Waals surface area contributed by atoms with Gasteiger partial charge in [-0.3, -0.25) is 5.43 Å². The Morgan fingerprint density at radius 1 is 1.33 bits per heavy atom. The van der Waals surface area contributed by atoms with Crippen molar-refractivity contribution in [3.05, 3.63) is 27.8 Å². The highest BCUT2D eigenvalue weighted by Crippen LogP contribution is 2.31. The number of aromatic nitrogens is 2. The number of nitrogen functional groups attached to an aromatic ring is 1. The maximum absolute atomic E-state index is 5.39. The number of nitrogens with two attached hydrogens (primary N) is 1. The highest BCUT2D eigenvalue weighted by molar-refractivity contribution is 7.18. The number of rotatable bonds is 3. The van der Waals surface area contributed by atoms with Crippen LogP contribution in [0.1, 0.15) is 4.88 Å². The summed E-state index contributed by atoms with van der Waals surface area (Å²) in [5.74, 6) is 6.59. The van der Waals surface area contributed by atoms with E-state index in [1.165, 1.54) is 4.88 Å². The lowest BCUT2D eigenvalue weighted by Gasteiger charge is -2.06. The van der Waals surface area contributed by atoms with Gasteiger partial charge in [0.2, 0.25) is 5.95 Å². The van der Waals surface area contributed by atoms with E-state index in [-0.39, 0.29) is 0 Å². The van der Waals surface area contributed by atoms with Crippen molar-refractivity contribution in [3.63, 3.8) is 0 Å². The molecule has 0 fully saturated rings. The summed E-state index contributed by atoms with van der Waals surface area (Å²) in [5, 5.41) is 8.35. The Morgan fingerprint density at radius 3 is 2.94 bits per heavy atom. The van der Waals surface area contributed by atoms with E-state index in [4.69, 9.17) is 5.84 Å². The summed E-state index contributed by atoms with van der Waals surface area (Å²) in [5.41, 5.74) is 3.52. The van der Waals surface area contributed by atoms with Crippen molar-refractivity contribution in [3.8, 4) is 0 Å².